The average molecular weight is 886 g/mol. The molecule has 328 valence electrons. The van der Waals surface area contributed by atoms with E-state index in [-0.39, 0.29) is 6.71 Å². The number of ether oxygens (including phenoxy) is 1. The summed E-state index contributed by atoms with van der Waals surface area (Å²) in [5.41, 5.74) is 19.7. The molecule has 0 radical (unpaired) electrons. The Morgan fingerprint density at radius 3 is 1.88 bits per heavy atom. The molecule has 0 aliphatic carbocycles. The molecular weight excluding hydrogens is 838 g/mol. The number of hydrogen-bond acceptors (Lipinski definition) is 3. The molecule has 1 aliphatic rings. The molecule has 2 heterocycles. The quantitative estimate of drug-likeness (QED) is 0.118. The molecule has 4 heteroatoms. The summed E-state index contributed by atoms with van der Waals surface area (Å²) in [6, 6.07) is 73.0. The van der Waals surface area contributed by atoms with Crippen molar-refractivity contribution in [3.8, 4) is 33.8 Å². The Hall–Kier alpha value is -8.34. The monoisotopic (exact) mass is 885 g/mol. The number of fused-ring (bicyclic) bond motifs is 9. The fourth-order valence-electron chi connectivity index (χ4n) is 11.8. The first kappa shape index (κ1) is 40.9. The molecule has 0 amide bonds. The van der Waals surface area contributed by atoms with E-state index in [1.807, 2.05) is 6.07 Å². The third kappa shape index (κ3) is 6.50. The van der Waals surface area contributed by atoms with E-state index in [1.54, 1.807) is 0 Å². The lowest BCUT2D eigenvalue weighted by molar-refractivity contribution is 0.487. The molecule has 1 aromatic heterocycles. The van der Waals surface area contributed by atoms with E-state index >= 15 is 0 Å². The van der Waals surface area contributed by atoms with Crippen LogP contribution in [-0.4, -0.2) is 6.71 Å². The second-order valence-electron chi connectivity index (χ2n) is 19.1. The number of nitrogens with zero attached hydrogens (tertiary/aromatic N) is 1. The van der Waals surface area contributed by atoms with Gasteiger partial charge in [0, 0.05) is 33.4 Å². The van der Waals surface area contributed by atoms with Crippen LogP contribution in [0.2, 0.25) is 0 Å². The Bertz CT molecular complexity index is 4050. The first-order valence-corrected chi connectivity index (χ1v) is 24.0. The lowest BCUT2D eigenvalue weighted by atomic mass is 9.34. The summed E-state index contributed by atoms with van der Waals surface area (Å²) in [6.07, 6.45) is 0. The highest BCUT2D eigenvalue weighted by molar-refractivity contribution is 6.97. The lowest BCUT2D eigenvalue weighted by Gasteiger charge is -2.30. The normalized spacial score (nSPS) is 12.0. The molecule has 13 rings (SSSR count). The zero-order valence-corrected chi connectivity index (χ0v) is 39.4. The number of benzene rings is 11. The largest absolute Gasteiger partial charge is 0.456 e. The van der Waals surface area contributed by atoms with Crippen LogP contribution in [0.4, 0.5) is 17.1 Å². The zero-order chi connectivity index (χ0) is 46.5. The van der Waals surface area contributed by atoms with E-state index in [9.17, 15) is 0 Å². The predicted octanol–water partition coefficient (Wildman–Crippen LogP) is 16.0. The highest BCUT2D eigenvalue weighted by atomic mass is 16.5. The minimum atomic E-state index is 0.0297. The molecule has 69 heavy (non-hydrogen) atoms. The summed E-state index contributed by atoms with van der Waals surface area (Å²) in [7, 11) is 0. The van der Waals surface area contributed by atoms with Gasteiger partial charge in [-0.1, -0.05) is 196 Å². The second kappa shape index (κ2) is 15.9. The smallest absolute Gasteiger partial charge is 0.243 e. The minimum Gasteiger partial charge on any atom is -0.456 e. The molecule has 0 saturated carbocycles. The fraction of sp³-hybridized carbons (Fsp3) is 0.0769. The van der Waals surface area contributed by atoms with E-state index < -0.39 is 0 Å². The maximum atomic E-state index is 7.13. The van der Waals surface area contributed by atoms with Crippen molar-refractivity contribution < 1.29 is 9.15 Å². The average Bonchev–Trinajstić information content (AvgIpc) is 3.75. The molecule has 0 fully saturated rings. The number of para-hydroxylation sites is 3. The van der Waals surface area contributed by atoms with E-state index in [0.717, 1.165) is 72.6 Å². The van der Waals surface area contributed by atoms with Crippen LogP contribution in [0, 0.1) is 34.6 Å². The van der Waals surface area contributed by atoms with Crippen LogP contribution in [0.1, 0.15) is 27.8 Å². The van der Waals surface area contributed by atoms with Gasteiger partial charge in [-0.2, -0.15) is 0 Å². The van der Waals surface area contributed by atoms with Crippen LogP contribution in [0.5, 0.6) is 11.5 Å². The van der Waals surface area contributed by atoms with Crippen molar-refractivity contribution >= 4 is 94.4 Å². The van der Waals surface area contributed by atoms with Crippen LogP contribution in [0.25, 0.3) is 76.5 Å². The summed E-state index contributed by atoms with van der Waals surface area (Å²) in [5, 5.41) is 9.48. The molecular formula is C65H48BNO2. The van der Waals surface area contributed by atoms with Crippen LogP contribution in [0.3, 0.4) is 0 Å². The highest BCUT2D eigenvalue weighted by Gasteiger charge is 2.31. The number of aryl methyl sites for hydroxylation is 5. The van der Waals surface area contributed by atoms with Crippen molar-refractivity contribution in [2.45, 2.75) is 34.6 Å². The van der Waals surface area contributed by atoms with E-state index in [4.69, 9.17) is 9.15 Å². The van der Waals surface area contributed by atoms with Gasteiger partial charge in [-0.25, -0.2) is 0 Å². The van der Waals surface area contributed by atoms with Gasteiger partial charge >= 0.3 is 0 Å². The first-order chi connectivity index (χ1) is 33.8. The zero-order valence-electron chi connectivity index (χ0n) is 39.4. The molecule has 0 N–H and O–H groups in total. The van der Waals surface area contributed by atoms with E-state index in [1.165, 1.54) is 76.7 Å². The topological polar surface area (TPSA) is 25.6 Å². The molecule has 11 aromatic carbocycles. The van der Waals surface area contributed by atoms with E-state index in [2.05, 4.69) is 234 Å². The van der Waals surface area contributed by atoms with Gasteiger partial charge in [0.15, 0.2) is 5.58 Å². The van der Waals surface area contributed by atoms with Gasteiger partial charge in [0.1, 0.15) is 17.1 Å². The Labute approximate surface area is 402 Å². The van der Waals surface area contributed by atoms with Gasteiger partial charge < -0.3 is 14.1 Å². The SMILES string of the molecule is Cc1ccc(B(c2c(C)cc(C)cc2C)c2cc3c4cccc5c4c(cc3c3ccccc23)-c2ccc(N(c3ccccc3-c3ccccc3)c3cccc4c3oc3ccccc34)cc2O5)c(C)c1. The van der Waals surface area contributed by atoms with Crippen LogP contribution in [-0.2, 0) is 0 Å². The summed E-state index contributed by atoms with van der Waals surface area (Å²) < 4.78 is 13.9. The molecule has 0 atom stereocenters. The van der Waals surface area contributed by atoms with Gasteiger partial charge in [-0.3, -0.25) is 0 Å². The molecule has 12 aromatic rings. The number of furan rings is 1. The third-order valence-electron chi connectivity index (χ3n) is 14.7. The van der Waals surface area contributed by atoms with Gasteiger partial charge in [0.2, 0.25) is 6.71 Å². The predicted molar refractivity (Wildman–Crippen MR) is 293 cm³/mol. The maximum Gasteiger partial charge on any atom is 0.243 e. The molecule has 3 nitrogen and oxygen atoms in total. The van der Waals surface area contributed by atoms with Crippen molar-refractivity contribution in [2.75, 3.05) is 4.90 Å². The van der Waals surface area contributed by atoms with Gasteiger partial charge in [-0.05, 0) is 115 Å². The standard InChI is InChI=1S/C65H48BNO2/c1-39-29-32-56(41(3)33-39)66(64-42(4)34-40(2)35-43(64)5)57-38-54-51-23-16-28-61-63(51)55(37-53(54)47-20-9-10-21-48(47)57)50-31-30-45(36-62(50)68-61)67(58-25-13-11-19-46(58)44-17-7-6-8-18-44)59-26-15-24-52-49-22-12-14-27-60(49)69-65(52)59/h6-38H,1-5H3. The fourth-order valence-corrected chi connectivity index (χ4v) is 11.8. The number of hydrogen-bond donors (Lipinski definition) is 0. The van der Waals surface area contributed by atoms with Crippen LogP contribution < -0.4 is 26.0 Å². The van der Waals surface area contributed by atoms with Crippen molar-refractivity contribution in [1.29, 1.82) is 0 Å². The molecule has 0 saturated heterocycles. The number of anilines is 3. The van der Waals surface area contributed by atoms with Gasteiger partial charge in [-0.15, -0.1) is 0 Å². The maximum absolute atomic E-state index is 7.13. The lowest BCUT2D eigenvalue weighted by Crippen LogP contribution is -2.55. The van der Waals surface area contributed by atoms with Crippen molar-refractivity contribution in [1.82, 2.24) is 0 Å². The minimum absolute atomic E-state index is 0.0297. The van der Waals surface area contributed by atoms with Crippen molar-refractivity contribution in [3.05, 3.63) is 228 Å². The molecule has 0 unspecified atom stereocenters. The van der Waals surface area contributed by atoms with Gasteiger partial charge in [0.25, 0.3) is 0 Å². The second-order valence-corrected chi connectivity index (χ2v) is 19.1. The summed E-state index contributed by atoms with van der Waals surface area (Å²) in [5.74, 6) is 1.67. The van der Waals surface area contributed by atoms with Crippen LogP contribution >= 0.6 is 0 Å². The summed E-state index contributed by atoms with van der Waals surface area (Å²) >= 11 is 0. The molecule has 1 aliphatic heterocycles. The Kier molecular flexibility index (Phi) is 9.42. The third-order valence-corrected chi connectivity index (χ3v) is 14.7. The van der Waals surface area contributed by atoms with Gasteiger partial charge in [0.05, 0.1) is 17.1 Å². The molecule has 0 spiro atoms. The first-order valence-electron chi connectivity index (χ1n) is 24.0. The molecule has 0 bridgehead atoms. The number of rotatable bonds is 7. The van der Waals surface area contributed by atoms with Crippen LogP contribution in [0.15, 0.2) is 205 Å². The van der Waals surface area contributed by atoms with Crippen molar-refractivity contribution in [2.24, 2.45) is 0 Å². The summed E-state index contributed by atoms with van der Waals surface area (Å²) in [4.78, 5) is 2.34. The Morgan fingerprint density at radius 2 is 1.06 bits per heavy atom. The highest BCUT2D eigenvalue weighted by Crippen LogP contribution is 2.52. The Morgan fingerprint density at radius 1 is 0.391 bits per heavy atom. The van der Waals surface area contributed by atoms with E-state index in [0.29, 0.717) is 0 Å². The Balaban J connectivity index is 1.04. The van der Waals surface area contributed by atoms with Crippen molar-refractivity contribution in [3.63, 3.8) is 0 Å². The summed E-state index contributed by atoms with van der Waals surface area (Å²) in [6.45, 7) is 11.3.